The molecule has 188 valence electrons. The maximum atomic E-state index is 14.2. The number of aliphatic carboxylic acids is 1. The molecule has 0 bridgehead atoms. The van der Waals surface area contributed by atoms with Crippen molar-refractivity contribution in [3.8, 4) is 0 Å². The summed E-state index contributed by atoms with van der Waals surface area (Å²) in [6, 6.07) is 0.0949. The quantitative estimate of drug-likeness (QED) is 0.462. The largest absolute Gasteiger partial charge is 0.480 e. The topological polar surface area (TPSA) is 136 Å². The monoisotopic (exact) mass is 490 g/mol. The van der Waals surface area contributed by atoms with Gasteiger partial charge in [0.1, 0.15) is 23.2 Å². The molecule has 1 heterocycles. The molecule has 0 saturated heterocycles. The van der Waals surface area contributed by atoms with E-state index in [4.69, 9.17) is 5.73 Å². The van der Waals surface area contributed by atoms with E-state index in [1.807, 2.05) is 0 Å². The molecule has 2 unspecified atom stereocenters. The lowest BCUT2D eigenvalue weighted by Gasteiger charge is -2.40. The van der Waals surface area contributed by atoms with Crippen LogP contribution in [0.15, 0.2) is 47.2 Å². The fraction of sp³-hybridized carbons (Fsp3) is 0.375. The van der Waals surface area contributed by atoms with Gasteiger partial charge in [0.2, 0.25) is 0 Å². The van der Waals surface area contributed by atoms with E-state index in [2.05, 4.69) is 5.32 Å². The number of rotatable bonds is 7. The fourth-order valence-corrected chi connectivity index (χ4v) is 4.21. The number of nitrogens with one attached hydrogen (secondary N) is 1. The number of carboxylic acid groups (broad SMARTS) is 1. The van der Waals surface area contributed by atoms with Crippen LogP contribution in [0.5, 0.6) is 0 Å². The Labute approximate surface area is 201 Å². The average Bonchev–Trinajstić information content (AvgIpc) is 2.81. The highest BCUT2D eigenvalue weighted by Gasteiger charge is 2.36. The van der Waals surface area contributed by atoms with Crippen molar-refractivity contribution >= 4 is 17.9 Å². The first-order valence-electron chi connectivity index (χ1n) is 10.9. The molecule has 1 aromatic carbocycles. The summed E-state index contributed by atoms with van der Waals surface area (Å²) >= 11 is 0. The van der Waals surface area contributed by atoms with E-state index in [0.717, 1.165) is 12.1 Å². The maximum Gasteiger partial charge on any atom is 0.326 e. The van der Waals surface area contributed by atoms with Gasteiger partial charge >= 0.3 is 12.0 Å². The van der Waals surface area contributed by atoms with Crippen LogP contribution in [0.3, 0.4) is 0 Å². The number of carbonyl (C=O) groups is 3. The molecule has 1 aromatic rings. The Kier molecular flexibility index (Phi) is 7.71. The van der Waals surface area contributed by atoms with Crippen LogP contribution in [0.2, 0.25) is 0 Å². The lowest BCUT2D eigenvalue weighted by atomic mass is 9.85. The maximum absolute atomic E-state index is 14.2. The van der Waals surface area contributed by atoms with Crippen molar-refractivity contribution in [3.63, 3.8) is 0 Å². The second kappa shape index (κ2) is 10.4. The van der Waals surface area contributed by atoms with Crippen LogP contribution in [0, 0.1) is 17.6 Å². The zero-order valence-corrected chi connectivity index (χ0v) is 19.6. The predicted octanol–water partition coefficient (Wildman–Crippen LogP) is 2.09. The van der Waals surface area contributed by atoms with Crippen molar-refractivity contribution in [2.45, 2.75) is 38.6 Å². The number of hydrogen-bond donors (Lipinski definition) is 4. The fourth-order valence-electron chi connectivity index (χ4n) is 4.21. The summed E-state index contributed by atoms with van der Waals surface area (Å²) in [7, 11) is 3.11. The van der Waals surface area contributed by atoms with Crippen molar-refractivity contribution in [3.05, 3.63) is 70.0 Å². The number of carboxylic acids is 1. The highest BCUT2D eigenvalue weighted by Crippen LogP contribution is 2.34. The minimum absolute atomic E-state index is 0.118. The average molecular weight is 491 g/mol. The summed E-state index contributed by atoms with van der Waals surface area (Å²) in [5, 5.41) is 22.3. The molecule has 11 heteroatoms. The molecule has 3 rings (SSSR count). The normalized spacial score (nSPS) is 21.2. The number of allylic oxidation sites excluding steroid dienone is 4. The van der Waals surface area contributed by atoms with E-state index in [9.17, 15) is 33.4 Å². The van der Waals surface area contributed by atoms with Crippen LogP contribution in [-0.2, 0) is 11.3 Å². The molecule has 9 nitrogen and oxygen atoms in total. The lowest BCUT2D eigenvalue weighted by Crippen LogP contribution is -2.51. The van der Waals surface area contributed by atoms with E-state index >= 15 is 0 Å². The number of carbonyl (C=O) groups excluding carboxylic acids is 2. The van der Waals surface area contributed by atoms with Crippen molar-refractivity contribution in [1.82, 2.24) is 15.1 Å². The second-order valence-electron chi connectivity index (χ2n) is 8.55. The molecule has 0 spiro atoms. The minimum atomic E-state index is -1.43. The number of likely N-dealkylation sites (N-methyl/N-ethyl adjacent to an activating group) is 1. The summed E-state index contributed by atoms with van der Waals surface area (Å²) in [6.45, 7) is 1.62. The SMILES string of the molecule is CC1=C(C2C=CC(C[C@H](NC(=O)c3c(F)cc(CN)cc3F)C(=O)O)=CC2)C(O)N(C)C(=O)N1C. The van der Waals surface area contributed by atoms with E-state index < -0.39 is 41.3 Å². The molecule has 1 aliphatic heterocycles. The first kappa shape index (κ1) is 26.0. The number of amides is 3. The third-order valence-corrected chi connectivity index (χ3v) is 6.34. The van der Waals surface area contributed by atoms with Crippen LogP contribution in [0.25, 0.3) is 0 Å². The van der Waals surface area contributed by atoms with Gasteiger partial charge < -0.3 is 26.2 Å². The molecule has 35 heavy (non-hydrogen) atoms. The Hall–Kier alpha value is -3.57. The van der Waals surface area contributed by atoms with Crippen LogP contribution >= 0.6 is 0 Å². The lowest BCUT2D eigenvalue weighted by molar-refractivity contribution is -0.139. The zero-order chi connectivity index (χ0) is 26.0. The van der Waals surface area contributed by atoms with Gasteiger partial charge in [-0.2, -0.15) is 0 Å². The number of benzene rings is 1. The van der Waals surface area contributed by atoms with E-state index in [0.29, 0.717) is 23.3 Å². The molecule has 0 fully saturated rings. The molecule has 0 saturated carbocycles. The summed E-state index contributed by atoms with van der Waals surface area (Å²) in [4.78, 5) is 39.1. The van der Waals surface area contributed by atoms with Gasteiger partial charge in [0.25, 0.3) is 5.91 Å². The van der Waals surface area contributed by atoms with Gasteiger partial charge in [0.05, 0.1) is 0 Å². The molecule has 5 N–H and O–H groups in total. The van der Waals surface area contributed by atoms with Gasteiger partial charge in [0.15, 0.2) is 6.23 Å². The summed E-state index contributed by atoms with van der Waals surface area (Å²) in [5.41, 5.74) is 6.53. The van der Waals surface area contributed by atoms with Crippen LogP contribution in [0.4, 0.5) is 13.6 Å². The number of hydrogen-bond acceptors (Lipinski definition) is 5. The Morgan fingerprint density at radius 3 is 2.40 bits per heavy atom. The van der Waals surface area contributed by atoms with Gasteiger partial charge in [0, 0.05) is 44.2 Å². The van der Waals surface area contributed by atoms with Crippen molar-refractivity contribution in [2.75, 3.05) is 14.1 Å². The van der Waals surface area contributed by atoms with Crippen molar-refractivity contribution in [1.29, 1.82) is 0 Å². The second-order valence-corrected chi connectivity index (χ2v) is 8.55. The molecule has 2 aliphatic rings. The van der Waals surface area contributed by atoms with Gasteiger partial charge in [-0.05, 0) is 36.6 Å². The first-order chi connectivity index (χ1) is 16.5. The zero-order valence-electron chi connectivity index (χ0n) is 19.6. The minimum Gasteiger partial charge on any atom is -0.480 e. The molecular weight excluding hydrogens is 462 g/mol. The Bertz CT molecular complexity index is 1120. The summed E-state index contributed by atoms with van der Waals surface area (Å²) < 4.78 is 28.5. The number of nitrogens with zero attached hydrogens (tertiary/aromatic N) is 2. The molecule has 0 aromatic heterocycles. The molecule has 1 aliphatic carbocycles. The van der Waals surface area contributed by atoms with Gasteiger partial charge in [-0.15, -0.1) is 0 Å². The summed E-state index contributed by atoms with van der Waals surface area (Å²) in [6.07, 6.45) is 4.46. The van der Waals surface area contributed by atoms with E-state index in [1.165, 1.54) is 16.8 Å². The van der Waals surface area contributed by atoms with E-state index in [1.54, 1.807) is 32.2 Å². The Morgan fingerprint density at radius 1 is 1.26 bits per heavy atom. The molecule has 0 radical (unpaired) electrons. The molecule has 3 atom stereocenters. The van der Waals surface area contributed by atoms with Crippen LogP contribution < -0.4 is 11.1 Å². The third kappa shape index (κ3) is 5.25. The number of nitrogens with two attached hydrogens (primary N) is 1. The molecular formula is C24H28F2N4O5. The summed E-state index contributed by atoms with van der Waals surface area (Å²) in [5.74, 6) is -5.04. The van der Waals surface area contributed by atoms with Gasteiger partial charge in [-0.25, -0.2) is 18.4 Å². The highest BCUT2D eigenvalue weighted by atomic mass is 19.1. The third-order valence-electron chi connectivity index (χ3n) is 6.34. The van der Waals surface area contributed by atoms with Crippen molar-refractivity contribution < 1.29 is 33.4 Å². The van der Waals surface area contributed by atoms with E-state index in [-0.39, 0.29) is 30.5 Å². The number of halogens is 2. The van der Waals surface area contributed by atoms with Gasteiger partial charge in [-0.1, -0.05) is 18.2 Å². The number of aliphatic hydroxyl groups is 1. The standard InChI is InChI=1S/C24H28F2N4O5/c1-12-19(22(32)30(3)24(35)29(12)2)15-6-4-13(5-7-15)10-18(23(33)34)28-21(31)20-16(25)8-14(11-27)9-17(20)26/h4-6,8-9,15,18,22,32H,7,10-11,27H2,1-3H3,(H,28,31)(H,33,34)/t15?,18-,22?/m0/s1. The Morgan fingerprint density at radius 2 is 1.89 bits per heavy atom. The van der Waals surface area contributed by atoms with Crippen LogP contribution in [-0.4, -0.2) is 64.3 Å². The van der Waals surface area contributed by atoms with Gasteiger partial charge in [-0.3, -0.25) is 9.69 Å². The predicted molar refractivity (Wildman–Crippen MR) is 123 cm³/mol. The molecule has 3 amide bonds. The number of aliphatic hydroxyl groups excluding tert-OH is 1. The highest BCUT2D eigenvalue weighted by molar-refractivity contribution is 5.97. The first-order valence-corrected chi connectivity index (χ1v) is 10.9. The van der Waals surface area contributed by atoms with Crippen LogP contribution in [0.1, 0.15) is 35.7 Å². The number of urea groups is 1. The Balaban J connectivity index is 1.73. The smallest absolute Gasteiger partial charge is 0.326 e. The van der Waals surface area contributed by atoms with Crippen molar-refractivity contribution in [2.24, 2.45) is 11.7 Å².